The molecule has 3 N–H and O–H groups in total. The van der Waals surface area contributed by atoms with Gasteiger partial charge in [0.1, 0.15) is 6.04 Å². The van der Waals surface area contributed by atoms with Crippen LogP contribution in [0.5, 0.6) is 0 Å². The van der Waals surface area contributed by atoms with Crippen molar-refractivity contribution in [3.05, 3.63) is 11.6 Å². The number of hydrogen-bond donors (Lipinski definition) is 2. The van der Waals surface area contributed by atoms with Crippen LogP contribution in [0.1, 0.15) is 6.42 Å². The average molecular weight is 150 g/mol. The van der Waals surface area contributed by atoms with E-state index in [-0.39, 0.29) is 6.42 Å². The van der Waals surface area contributed by atoms with Crippen molar-refractivity contribution >= 4 is 17.6 Å². The van der Waals surface area contributed by atoms with E-state index >= 15 is 0 Å². The lowest BCUT2D eigenvalue weighted by molar-refractivity contribution is -0.138. The normalized spacial score (nSPS) is 14.0. The van der Waals surface area contributed by atoms with Crippen LogP contribution in [0.15, 0.2) is 11.6 Å². The van der Waals surface area contributed by atoms with Crippen LogP contribution in [0.25, 0.3) is 0 Å². The average Bonchev–Trinajstić information content (AvgIpc) is 1.82. The van der Waals surface area contributed by atoms with Gasteiger partial charge in [-0.1, -0.05) is 17.7 Å². The molecule has 0 saturated carbocycles. The summed E-state index contributed by atoms with van der Waals surface area (Å²) in [4.78, 5) is 10.0. The topological polar surface area (TPSA) is 63.3 Å². The van der Waals surface area contributed by atoms with Crippen LogP contribution in [-0.2, 0) is 4.79 Å². The third kappa shape index (κ3) is 4.00. The standard InChI is InChI=1S/C5H8ClNO2/c6-3-1-2-4(7)5(8)9/h1,3-4H,2,7H2,(H,8,9)/b3-1+. The zero-order chi connectivity index (χ0) is 7.28. The van der Waals surface area contributed by atoms with Crippen molar-refractivity contribution in [2.45, 2.75) is 12.5 Å². The third-order valence-electron chi connectivity index (χ3n) is 0.796. The molecule has 0 fully saturated rings. The van der Waals surface area contributed by atoms with Gasteiger partial charge in [-0.05, 0) is 6.42 Å². The van der Waals surface area contributed by atoms with E-state index in [1.807, 2.05) is 0 Å². The van der Waals surface area contributed by atoms with Crippen LogP contribution in [0.2, 0.25) is 0 Å². The second-order valence-electron chi connectivity index (χ2n) is 1.54. The van der Waals surface area contributed by atoms with Crippen molar-refractivity contribution in [2.75, 3.05) is 0 Å². The highest BCUT2D eigenvalue weighted by molar-refractivity contribution is 6.25. The molecule has 0 rings (SSSR count). The van der Waals surface area contributed by atoms with E-state index in [0.29, 0.717) is 0 Å². The van der Waals surface area contributed by atoms with E-state index in [1.165, 1.54) is 11.6 Å². The predicted octanol–water partition coefficient (Wildman–Crippen LogP) is 0.541. The number of aliphatic carboxylic acids is 1. The Kier molecular flexibility index (Phi) is 4.09. The summed E-state index contributed by atoms with van der Waals surface area (Å²) in [5.74, 6) is -1.01. The molecule has 0 radical (unpaired) electrons. The fraction of sp³-hybridized carbons (Fsp3) is 0.400. The molecule has 0 heterocycles. The molecule has 1 atom stereocenters. The van der Waals surface area contributed by atoms with Crippen molar-refractivity contribution in [2.24, 2.45) is 5.73 Å². The highest BCUT2D eigenvalue weighted by Crippen LogP contribution is 1.90. The molecule has 3 nitrogen and oxygen atoms in total. The first-order chi connectivity index (χ1) is 4.18. The summed E-state index contributed by atoms with van der Waals surface area (Å²) >= 11 is 5.12. The van der Waals surface area contributed by atoms with Gasteiger partial charge >= 0.3 is 5.97 Å². The van der Waals surface area contributed by atoms with Gasteiger partial charge in [-0.2, -0.15) is 0 Å². The molecular weight excluding hydrogens is 142 g/mol. The maximum absolute atomic E-state index is 10.0. The minimum atomic E-state index is -1.01. The minimum absolute atomic E-state index is 0.277. The first-order valence-electron chi connectivity index (χ1n) is 2.42. The second kappa shape index (κ2) is 4.35. The highest BCUT2D eigenvalue weighted by Gasteiger charge is 2.07. The second-order valence-corrected chi connectivity index (χ2v) is 1.79. The van der Waals surface area contributed by atoms with Crippen LogP contribution >= 0.6 is 11.6 Å². The Labute approximate surface area is 58.1 Å². The number of carbonyl (C=O) groups is 1. The summed E-state index contributed by atoms with van der Waals surface area (Å²) in [5.41, 5.74) is 6.35. The molecule has 0 aliphatic rings. The molecule has 0 aromatic heterocycles. The number of halogens is 1. The maximum Gasteiger partial charge on any atom is 0.320 e. The quantitative estimate of drug-likeness (QED) is 0.616. The summed E-state index contributed by atoms with van der Waals surface area (Å²) in [6, 6.07) is -0.833. The molecule has 0 aromatic carbocycles. The monoisotopic (exact) mass is 149 g/mol. The lowest BCUT2D eigenvalue weighted by Gasteiger charge is -1.98. The molecule has 4 heteroatoms. The van der Waals surface area contributed by atoms with Gasteiger partial charge < -0.3 is 10.8 Å². The molecule has 0 aromatic rings. The van der Waals surface area contributed by atoms with Gasteiger partial charge in [0, 0.05) is 5.54 Å². The number of nitrogens with two attached hydrogens (primary N) is 1. The van der Waals surface area contributed by atoms with Gasteiger partial charge in [0.25, 0.3) is 0 Å². The van der Waals surface area contributed by atoms with Crippen molar-refractivity contribution in [1.82, 2.24) is 0 Å². The van der Waals surface area contributed by atoms with Gasteiger partial charge in [0.2, 0.25) is 0 Å². The Morgan fingerprint density at radius 3 is 2.78 bits per heavy atom. The molecule has 0 aliphatic heterocycles. The lowest BCUT2D eigenvalue weighted by atomic mass is 10.2. The van der Waals surface area contributed by atoms with Crippen molar-refractivity contribution in [3.8, 4) is 0 Å². The fourth-order valence-electron chi connectivity index (χ4n) is 0.299. The number of carboxylic acids is 1. The van der Waals surface area contributed by atoms with Crippen molar-refractivity contribution < 1.29 is 9.90 Å². The molecule has 0 saturated heterocycles. The van der Waals surface area contributed by atoms with Crippen LogP contribution in [0.4, 0.5) is 0 Å². The zero-order valence-electron chi connectivity index (χ0n) is 4.75. The number of rotatable bonds is 3. The fourth-order valence-corrected chi connectivity index (χ4v) is 0.402. The van der Waals surface area contributed by atoms with Gasteiger partial charge in [0.15, 0.2) is 0 Å². The summed E-state index contributed by atoms with van der Waals surface area (Å²) in [6.07, 6.45) is 1.78. The van der Waals surface area contributed by atoms with Crippen molar-refractivity contribution in [1.29, 1.82) is 0 Å². The van der Waals surface area contributed by atoms with Gasteiger partial charge in [-0.25, -0.2) is 0 Å². The summed E-state index contributed by atoms with van der Waals surface area (Å²) < 4.78 is 0. The van der Waals surface area contributed by atoms with Crippen LogP contribution in [-0.4, -0.2) is 17.1 Å². The molecule has 0 spiro atoms. The molecule has 9 heavy (non-hydrogen) atoms. The SMILES string of the molecule is NC(C/C=C/Cl)C(=O)O. The largest absolute Gasteiger partial charge is 0.480 e. The van der Waals surface area contributed by atoms with Gasteiger partial charge in [-0.15, -0.1) is 0 Å². The third-order valence-corrected chi connectivity index (χ3v) is 0.974. The Morgan fingerprint density at radius 2 is 2.44 bits per heavy atom. The van der Waals surface area contributed by atoms with Crippen molar-refractivity contribution in [3.63, 3.8) is 0 Å². The van der Waals surface area contributed by atoms with E-state index in [0.717, 1.165) is 0 Å². The van der Waals surface area contributed by atoms with E-state index < -0.39 is 12.0 Å². The molecule has 0 amide bonds. The van der Waals surface area contributed by atoms with E-state index in [4.69, 9.17) is 22.4 Å². The lowest BCUT2D eigenvalue weighted by Crippen LogP contribution is -2.29. The molecule has 0 aliphatic carbocycles. The molecular formula is C5H8ClNO2. The summed E-state index contributed by atoms with van der Waals surface area (Å²) in [7, 11) is 0. The smallest absolute Gasteiger partial charge is 0.320 e. The number of carboxylic acid groups (broad SMARTS) is 1. The summed E-state index contributed by atoms with van der Waals surface area (Å²) in [5, 5.41) is 8.21. The highest BCUT2D eigenvalue weighted by atomic mass is 35.5. The Balaban J connectivity index is 3.50. The van der Waals surface area contributed by atoms with E-state index in [2.05, 4.69) is 0 Å². The van der Waals surface area contributed by atoms with Crippen LogP contribution < -0.4 is 5.73 Å². The summed E-state index contributed by atoms with van der Waals surface area (Å²) in [6.45, 7) is 0. The van der Waals surface area contributed by atoms with E-state index in [9.17, 15) is 4.79 Å². The van der Waals surface area contributed by atoms with Gasteiger partial charge in [-0.3, -0.25) is 4.79 Å². The Morgan fingerprint density at radius 1 is 1.89 bits per heavy atom. The first kappa shape index (κ1) is 8.46. The number of hydrogen-bond acceptors (Lipinski definition) is 2. The molecule has 1 unspecified atom stereocenters. The zero-order valence-corrected chi connectivity index (χ0v) is 5.51. The predicted molar refractivity (Wildman–Crippen MR) is 35.2 cm³/mol. The maximum atomic E-state index is 10.0. The molecule has 52 valence electrons. The Hall–Kier alpha value is -0.540. The van der Waals surface area contributed by atoms with Crippen LogP contribution in [0.3, 0.4) is 0 Å². The van der Waals surface area contributed by atoms with Crippen LogP contribution in [0, 0.1) is 0 Å². The minimum Gasteiger partial charge on any atom is -0.480 e. The first-order valence-corrected chi connectivity index (χ1v) is 2.85. The van der Waals surface area contributed by atoms with E-state index in [1.54, 1.807) is 0 Å². The molecule has 0 bridgehead atoms. The Bertz CT molecular complexity index is 124. The van der Waals surface area contributed by atoms with Gasteiger partial charge in [0.05, 0.1) is 0 Å².